The Kier molecular flexibility index (Phi) is 3.76. The molecule has 0 aliphatic carbocycles. The lowest BCUT2D eigenvalue weighted by atomic mass is 10.3. The van der Waals surface area contributed by atoms with Crippen molar-refractivity contribution in [2.45, 2.75) is 11.8 Å². The van der Waals surface area contributed by atoms with Crippen LogP contribution in [0.4, 0.5) is 5.69 Å². The maximum atomic E-state index is 12.0. The summed E-state index contributed by atoms with van der Waals surface area (Å²) in [5.41, 5.74) is 6.23. The molecule has 0 spiro atoms. The van der Waals surface area contributed by atoms with Gasteiger partial charge in [0.25, 0.3) is 0 Å². The molecule has 2 N–H and O–H groups in total. The molecule has 4 nitrogen and oxygen atoms in total. The summed E-state index contributed by atoms with van der Waals surface area (Å²) in [6.45, 7) is 1.60. The van der Waals surface area contributed by atoms with Gasteiger partial charge in [0.1, 0.15) is 16.4 Å². The molecule has 0 aliphatic rings. The van der Waals surface area contributed by atoms with Gasteiger partial charge < -0.3 is 10.5 Å². The van der Waals surface area contributed by atoms with Crippen LogP contribution in [0.1, 0.15) is 6.92 Å². The fraction of sp³-hybridized carbons (Fsp3) is 0.143. The highest BCUT2D eigenvalue weighted by atomic mass is 32.2. The van der Waals surface area contributed by atoms with Gasteiger partial charge in [0.05, 0.1) is 5.75 Å². The summed E-state index contributed by atoms with van der Waals surface area (Å²) in [4.78, 5) is 0.194. The number of ether oxygens (including phenoxy) is 1. The van der Waals surface area contributed by atoms with Crippen molar-refractivity contribution in [1.29, 1.82) is 0 Å². The molecule has 0 aromatic heterocycles. The van der Waals surface area contributed by atoms with E-state index in [1.54, 1.807) is 55.5 Å². The molecule has 0 unspecified atom stereocenters. The predicted octanol–water partition coefficient (Wildman–Crippen LogP) is 2.85. The molecule has 0 atom stereocenters. The highest BCUT2D eigenvalue weighted by Gasteiger charge is 2.17. The molecule has 0 fully saturated rings. The number of hydrogen-bond donors (Lipinski definition) is 1. The molecular formula is C14H15NO3S. The second-order valence-electron chi connectivity index (χ2n) is 4.02. The standard InChI is InChI=1S/C14H15NO3S/c1-2-19(16,17)14-9-4-3-8-13(14)18-12-7-5-6-11(15)10-12/h3-10H,2,15H2,1H3. The third kappa shape index (κ3) is 3.06. The second-order valence-corrected chi connectivity index (χ2v) is 6.27. The molecule has 100 valence electrons. The lowest BCUT2D eigenvalue weighted by Crippen LogP contribution is -2.05. The van der Waals surface area contributed by atoms with Crippen LogP contribution in [-0.4, -0.2) is 14.2 Å². The maximum absolute atomic E-state index is 12.0. The summed E-state index contributed by atoms with van der Waals surface area (Å²) >= 11 is 0. The smallest absolute Gasteiger partial charge is 0.181 e. The van der Waals surface area contributed by atoms with E-state index < -0.39 is 9.84 Å². The van der Waals surface area contributed by atoms with Crippen LogP contribution in [0.5, 0.6) is 11.5 Å². The molecule has 0 heterocycles. The summed E-state index contributed by atoms with van der Waals surface area (Å²) in [7, 11) is -3.32. The number of anilines is 1. The number of rotatable bonds is 4. The average molecular weight is 277 g/mol. The van der Waals surface area contributed by atoms with Gasteiger partial charge in [-0.05, 0) is 24.3 Å². The lowest BCUT2D eigenvalue weighted by Gasteiger charge is -2.11. The van der Waals surface area contributed by atoms with Crippen LogP contribution in [0.3, 0.4) is 0 Å². The Labute approximate surface area is 112 Å². The molecule has 0 radical (unpaired) electrons. The SMILES string of the molecule is CCS(=O)(=O)c1ccccc1Oc1cccc(N)c1. The minimum atomic E-state index is -3.32. The Bertz CT molecular complexity index is 681. The van der Waals surface area contributed by atoms with Crippen LogP contribution in [0.25, 0.3) is 0 Å². The molecular weight excluding hydrogens is 262 g/mol. The van der Waals surface area contributed by atoms with Crippen molar-refractivity contribution in [1.82, 2.24) is 0 Å². The molecule has 0 saturated heterocycles. The minimum Gasteiger partial charge on any atom is -0.456 e. The van der Waals surface area contributed by atoms with Gasteiger partial charge in [-0.2, -0.15) is 0 Å². The van der Waals surface area contributed by atoms with E-state index in [0.717, 1.165) is 0 Å². The van der Waals surface area contributed by atoms with Crippen molar-refractivity contribution in [2.75, 3.05) is 11.5 Å². The zero-order chi connectivity index (χ0) is 13.9. The van der Waals surface area contributed by atoms with Gasteiger partial charge in [-0.1, -0.05) is 25.1 Å². The third-order valence-electron chi connectivity index (χ3n) is 2.65. The molecule has 0 amide bonds. The summed E-state index contributed by atoms with van der Waals surface area (Å²) in [5, 5.41) is 0. The van der Waals surface area contributed by atoms with Gasteiger partial charge in [-0.15, -0.1) is 0 Å². The van der Waals surface area contributed by atoms with E-state index in [0.29, 0.717) is 17.2 Å². The molecule has 19 heavy (non-hydrogen) atoms. The third-order valence-corrected chi connectivity index (χ3v) is 4.42. The summed E-state index contributed by atoms with van der Waals surface area (Å²) in [6.07, 6.45) is 0. The van der Waals surface area contributed by atoms with Gasteiger partial charge in [-0.25, -0.2) is 8.42 Å². The van der Waals surface area contributed by atoms with Crippen molar-refractivity contribution in [3.63, 3.8) is 0 Å². The van der Waals surface area contributed by atoms with Crippen LogP contribution >= 0.6 is 0 Å². The fourth-order valence-electron chi connectivity index (χ4n) is 1.65. The predicted molar refractivity (Wildman–Crippen MR) is 75.1 cm³/mol. The second kappa shape index (κ2) is 5.32. The highest BCUT2D eigenvalue weighted by molar-refractivity contribution is 7.91. The zero-order valence-corrected chi connectivity index (χ0v) is 11.4. The highest BCUT2D eigenvalue weighted by Crippen LogP contribution is 2.29. The molecule has 5 heteroatoms. The minimum absolute atomic E-state index is 0.0320. The number of nitrogens with two attached hydrogens (primary N) is 1. The van der Waals surface area contributed by atoms with Crippen molar-refractivity contribution in [3.05, 3.63) is 48.5 Å². The Morgan fingerprint density at radius 2 is 1.84 bits per heavy atom. The molecule has 0 saturated carbocycles. The average Bonchev–Trinajstić information content (AvgIpc) is 2.39. The van der Waals surface area contributed by atoms with E-state index in [9.17, 15) is 8.42 Å². The van der Waals surface area contributed by atoms with Gasteiger partial charge in [-0.3, -0.25) is 0 Å². The maximum Gasteiger partial charge on any atom is 0.181 e. The van der Waals surface area contributed by atoms with Crippen LogP contribution in [-0.2, 0) is 9.84 Å². The Morgan fingerprint density at radius 3 is 2.53 bits per heavy atom. The molecule has 2 aromatic carbocycles. The first-order chi connectivity index (χ1) is 9.03. The number of nitrogen functional groups attached to an aromatic ring is 1. The van der Waals surface area contributed by atoms with E-state index >= 15 is 0 Å². The van der Waals surface area contributed by atoms with Crippen molar-refractivity contribution in [3.8, 4) is 11.5 Å². The van der Waals surface area contributed by atoms with E-state index in [-0.39, 0.29) is 10.6 Å². The van der Waals surface area contributed by atoms with Gasteiger partial charge in [0.15, 0.2) is 9.84 Å². The lowest BCUT2D eigenvalue weighted by molar-refractivity contribution is 0.468. The monoisotopic (exact) mass is 277 g/mol. The fourth-order valence-corrected chi connectivity index (χ4v) is 2.67. The van der Waals surface area contributed by atoms with E-state index in [2.05, 4.69) is 0 Å². The van der Waals surface area contributed by atoms with E-state index in [1.807, 2.05) is 0 Å². The first-order valence-electron chi connectivity index (χ1n) is 5.88. The van der Waals surface area contributed by atoms with Crippen molar-refractivity contribution >= 4 is 15.5 Å². The molecule has 0 aliphatic heterocycles. The molecule has 2 rings (SSSR count). The first kappa shape index (κ1) is 13.4. The largest absolute Gasteiger partial charge is 0.456 e. The van der Waals surface area contributed by atoms with Crippen LogP contribution < -0.4 is 10.5 Å². The first-order valence-corrected chi connectivity index (χ1v) is 7.53. The van der Waals surface area contributed by atoms with Gasteiger partial charge >= 0.3 is 0 Å². The Balaban J connectivity index is 2.42. The van der Waals surface area contributed by atoms with Crippen LogP contribution in [0.15, 0.2) is 53.4 Å². The van der Waals surface area contributed by atoms with E-state index in [1.165, 1.54) is 0 Å². The number of hydrogen-bond acceptors (Lipinski definition) is 4. The summed E-state index contributed by atoms with van der Waals surface area (Å²) in [5.74, 6) is 0.860. The Hall–Kier alpha value is -2.01. The van der Waals surface area contributed by atoms with Crippen molar-refractivity contribution in [2.24, 2.45) is 0 Å². The van der Waals surface area contributed by atoms with Crippen LogP contribution in [0.2, 0.25) is 0 Å². The zero-order valence-electron chi connectivity index (χ0n) is 10.5. The number of para-hydroxylation sites is 1. The molecule has 2 aromatic rings. The summed E-state index contributed by atoms with van der Waals surface area (Å²) < 4.78 is 29.6. The van der Waals surface area contributed by atoms with Gasteiger partial charge in [0, 0.05) is 11.8 Å². The normalized spacial score (nSPS) is 11.2. The number of benzene rings is 2. The summed E-state index contributed by atoms with van der Waals surface area (Å²) in [6, 6.07) is 13.4. The van der Waals surface area contributed by atoms with Gasteiger partial charge in [0.2, 0.25) is 0 Å². The molecule has 0 bridgehead atoms. The Morgan fingerprint density at radius 1 is 1.11 bits per heavy atom. The number of sulfone groups is 1. The van der Waals surface area contributed by atoms with E-state index in [4.69, 9.17) is 10.5 Å². The quantitative estimate of drug-likeness (QED) is 0.872. The van der Waals surface area contributed by atoms with Crippen LogP contribution in [0, 0.1) is 0 Å². The van der Waals surface area contributed by atoms with Crippen molar-refractivity contribution < 1.29 is 13.2 Å². The topological polar surface area (TPSA) is 69.4 Å².